The van der Waals surface area contributed by atoms with Crippen LogP contribution < -0.4 is 10.6 Å². The summed E-state index contributed by atoms with van der Waals surface area (Å²) in [6.45, 7) is 5.54. The number of hydrogen-bond acceptors (Lipinski definition) is 7. The molecule has 0 spiro atoms. The smallest absolute Gasteiger partial charge is 0.338 e. The highest BCUT2D eigenvalue weighted by atomic mass is 16.7. The molecule has 0 aliphatic carbocycles. The minimum absolute atomic E-state index is 0.0226. The van der Waals surface area contributed by atoms with Crippen LogP contribution >= 0.6 is 0 Å². The number of benzene rings is 3. The molecule has 2 amide bonds. The van der Waals surface area contributed by atoms with Gasteiger partial charge in [-0.25, -0.2) is 9.86 Å². The topological polar surface area (TPSA) is 100 Å². The molecule has 9 nitrogen and oxygen atoms in total. The van der Waals surface area contributed by atoms with Crippen molar-refractivity contribution in [3.8, 4) is 0 Å². The molecule has 2 aliphatic rings. The van der Waals surface area contributed by atoms with Gasteiger partial charge in [-0.2, -0.15) is 0 Å². The van der Waals surface area contributed by atoms with Crippen LogP contribution in [0.2, 0.25) is 0 Å². The van der Waals surface area contributed by atoms with E-state index in [1.807, 2.05) is 62.4 Å². The van der Waals surface area contributed by atoms with E-state index in [0.29, 0.717) is 39.2 Å². The van der Waals surface area contributed by atoms with Crippen LogP contribution in [0.15, 0.2) is 60.7 Å². The molecular formula is C33H36N4O5. The first kappa shape index (κ1) is 29.0. The second kappa shape index (κ2) is 12.2. The Morgan fingerprint density at radius 3 is 2.29 bits per heavy atom. The summed E-state index contributed by atoms with van der Waals surface area (Å²) in [5.74, 6) is -0.912. The van der Waals surface area contributed by atoms with Crippen molar-refractivity contribution in [2.24, 2.45) is 0 Å². The van der Waals surface area contributed by atoms with Gasteiger partial charge in [-0.05, 0) is 93.8 Å². The van der Waals surface area contributed by atoms with Gasteiger partial charge in [0.05, 0.1) is 42.8 Å². The Bertz CT molecular complexity index is 1560. The van der Waals surface area contributed by atoms with Gasteiger partial charge in [-0.15, -0.1) is 0 Å². The predicted molar refractivity (Wildman–Crippen MR) is 163 cm³/mol. The van der Waals surface area contributed by atoms with E-state index < -0.39 is 5.97 Å². The molecule has 2 heterocycles. The lowest BCUT2D eigenvalue weighted by Gasteiger charge is -2.35. The summed E-state index contributed by atoms with van der Waals surface area (Å²) >= 11 is 0. The second-order valence-electron chi connectivity index (χ2n) is 10.8. The Morgan fingerprint density at radius 2 is 1.64 bits per heavy atom. The lowest BCUT2D eigenvalue weighted by Crippen LogP contribution is -2.46. The van der Waals surface area contributed by atoms with Gasteiger partial charge in [0, 0.05) is 16.8 Å². The summed E-state index contributed by atoms with van der Waals surface area (Å²) in [6, 6.07) is 18.6. The van der Waals surface area contributed by atoms with Crippen LogP contribution in [0.5, 0.6) is 0 Å². The van der Waals surface area contributed by atoms with Crippen molar-refractivity contribution in [2.45, 2.75) is 32.7 Å². The van der Waals surface area contributed by atoms with E-state index in [1.54, 1.807) is 19.2 Å². The number of nitrogens with zero attached hydrogens (tertiary/aromatic N) is 2. The van der Waals surface area contributed by atoms with E-state index in [2.05, 4.69) is 22.6 Å². The number of aryl methyl sites for hydroxylation is 2. The van der Waals surface area contributed by atoms with Gasteiger partial charge in [-0.1, -0.05) is 30.3 Å². The van der Waals surface area contributed by atoms with Crippen molar-refractivity contribution in [2.75, 3.05) is 45.0 Å². The standard InChI is InChI=1S/C33H36N4O5/c1-20-17-23(11-12-25(20)32(39)37(42-5)24-13-15-36(3)16-14-24)34-30(22-9-7-6-8-10-22)29-27-18-21(2)26(33(40)41-4)19-28(27)35-31(29)38/h6-12,17-19,24,34H,13-16H2,1-5H3,(H,35,38)/b30-29-. The number of hydrogen-bond donors (Lipinski definition) is 2. The highest BCUT2D eigenvalue weighted by Gasteiger charge is 2.31. The average molecular weight is 569 g/mol. The Balaban J connectivity index is 1.51. The number of ether oxygens (including phenoxy) is 1. The maximum Gasteiger partial charge on any atom is 0.338 e. The van der Waals surface area contributed by atoms with Gasteiger partial charge in [0.2, 0.25) is 0 Å². The van der Waals surface area contributed by atoms with Crippen molar-refractivity contribution in [1.82, 2.24) is 9.96 Å². The van der Waals surface area contributed by atoms with E-state index in [4.69, 9.17) is 9.57 Å². The summed E-state index contributed by atoms with van der Waals surface area (Å²) in [6.07, 6.45) is 1.71. The van der Waals surface area contributed by atoms with E-state index >= 15 is 0 Å². The number of carbonyl (C=O) groups excluding carboxylic acids is 3. The molecule has 0 bridgehead atoms. The number of piperidine rings is 1. The van der Waals surface area contributed by atoms with E-state index in [-0.39, 0.29) is 17.9 Å². The maximum absolute atomic E-state index is 13.5. The Labute approximate surface area is 246 Å². The number of fused-ring (bicyclic) bond motifs is 1. The number of esters is 1. The third-order valence-corrected chi connectivity index (χ3v) is 7.97. The molecule has 218 valence electrons. The molecule has 0 unspecified atom stereocenters. The lowest BCUT2D eigenvalue weighted by molar-refractivity contribution is -0.132. The third kappa shape index (κ3) is 5.66. The fraction of sp³-hybridized carbons (Fsp3) is 0.303. The lowest BCUT2D eigenvalue weighted by atomic mass is 9.96. The largest absolute Gasteiger partial charge is 0.465 e. The van der Waals surface area contributed by atoms with Crippen molar-refractivity contribution in [1.29, 1.82) is 0 Å². The Morgan fingerprint density at radius 1 is 0.952 bits per heavy atom. The Hall–Kier alpha value is -4.47. The summed E-state index contributed by atoms with van der Waals surface area (Å²) < 4.78 is 4.91. The van der Waals surface area contributed by atoms with Gasteiger partial charge < -0.3 is 20.3 Å². The SMILES string of the molecule is COC(=O)c1cc2c(cc1C)/C(=C(/Nc1ccc(C(=O)N(OC)C3CCN(C)CC3)c(C)c1)c1ccccc1)C(=O)N2. The van der Waals surface area contributed by atoms with Crippen molar-refractivity contribution >= 4 is 40.4 Å². The van der Waals surface area contributed by atoms with E-state index in [9.17, 15) is 14.4 Å². The molecular weight excluding hydrogens is 532 g/mol. The van der Waals surface area contributed by atoms with Crippen LogP contribution in [0.25, 0.3) is 11.3 Å². The number of carbonyl (C=O) groups is 3. The van der Waals surface area contributed by atoms with Crippen LogP contribution in [0.4, 0.5) is 11.4 Å². The maximum atomic E-state index is 13.5. The molecule has 3 aromatic carbocycles. The summed E-state index contributed by atoms with van der Waals surface area (Å²) in [7, 11) is 4.96. The summed E-state index contributed by atoms with van der Waals surface area (Å²) in [5.41, 5.74) is 6.29. The van der Waals surface area contributed by atoms with Gasteiger partial charge in [0.15, 0.2) is 0 Å². The molecule has 0 radical (unpaired) electrons. The second-order valence-corrected chi connectivity index (χ2v) is 10.8. The molecule has 0 atom stereocenters. The molecule has 9 heteroatoms. The zero-order valence-corrected chi connectivity index (χ0v) is 24.6. The van der Waals surface area contributed by atoms with Crippen LogP contribution in [0.1, 0.15) is 55.8 Å². The minimum Gasteiger partial charge on any atom is -0.465 e. The van der Waals surface area contributed by atoms with Gasteiger partial charge in [0.1, 0.15) is 0 Å². The number of likely N-dealkylation sites (tertiary alicyclic amines) is 1. The van der Waals surface area contributed by atoms with Crippen molar-refractivity contribution < 1.29 is 24.0 Å². The van der Waals surface area contributed by atoms with Gasteiger partial charge >= 0.3 is 5.97 Å². The first-order chi connectivity index (χ1) is 20.2. The molecule has 2 aliphatic heterocycles. The van der Waals surface area contributed by atoms with Crippen LogP contribution in [-0.4, -0.2) is 68.1 Å². The van der Waals surface area contributed by atoms with Crippen LogP contribution in [0.3, 0.4) is 0 Å². The van der Waals surface area contributed by atoms with Gasteiger partial charge in [-0.3, -0.25) is 14.4 Å². The van der Waals surface area contributed by atoms with Gasteiger partial charge in [0.25, 0.3) is 11.8 Å². The molecule has 1 saturated heterocycles. The highest BCUT2D eigenvalue weighted by molar-refractivity contribution is 6.37. The Kier molecular flexibility index (Phi) is 8.42. The zero-order valence-electron chi connectivity index (χ0n) is 24.6. The normalized spacial score (nSPS) is 16.5. The number of anilines is 2. The summed E-state index contributed by atoms with van der Waals surface area (Å²) in [5, 5.41) is 7.87. The molecule has 5 rings (SSSR count). The minimum atomic E-state index is -0.462. The molecule has 42 heavy (non-hydrogen) atoms. The predicted octanol–water partition coefficient (Wildman–Crippen LogP) is 5.12. The monoisotopic (exact) mass is 568 g/mol. The van der Waals surface area contributed by atoms with Crippen LogP contribution in [-0.2, 0) is 14.4 Å². The van der Waals surface area contributed by atoms with E-state index in [0.717, 1.165) is 42.7 Å². The highest BCUT2D eigenvalue weighted by Crippen LogP contribution is 2.39. The van der Waals surface area contributed by atoms with E-state index in [1.165, 1.54) is 12.2 Å². The molecule has 0 saturated carbocycles. The fourth-order valence-corrected chi connectivity index (χ4v) is 5.66. The summed E-state index contributed by atoms with van der Waals surface area (Å²) in [4.78, 5) is 47.0. The quantitative estimate of drug-likeness (QED) is 0.232. The average Bonchev–Trinajstić information content (AvgIpc) is 3.30. The number of methoxy groups -OCH3 is 1. The van der Waals surface area contributed by atoms with Crippen molar-refractivity contribution in [3.63, 3.8) is 0 Å². The molecule has 0 aromatic heterocycles. The first-order valence-electron chi connectivity index (χ1n) is 14.0. The number of hydroxylamine groups is 2. The first-order valence-corrected chi connectivity index (χ1v) is 14.0. The number of nitrogens with one attached hydrogen (secondary N) is 2. The molecule has 3 aromatic rings. The zero-order chi connectivity index (χ0) is 30.0. The third-order valence-electron chi connectivity index (χ3n) is 7.97. The fourth-order valence-electron chi connectivity index (χ4n) is 5.66. The number of rotatable bonds is 7. The molecule has 2 N–H and O–H groups in total. The number of amides is 2. The van der Waals surface area contributed by atoms with Crippen LogP contribution in [0, 0.1) is 13.8 Å². The van der Waals surface area contributed by atoms with Crippen molar-refractivity contribution in [3.05, 3.63) is 94.0 Å². The molecule has 1 fully saturated rings.